The summed E-state index contributed by atoms with van der Waals surface area (Å²) in [5.41, 5.74) is 1.56. The second-order valence-electron chi connectivity index (χ2n) is 9.03. The van der Waals surface area contributed by atoms with Gasteiger partial charge < -0.3 is 14.8 Å². The third-order valence-corrected chi connectivity index (χ3v) is 10.5. The fourth-order valence-corrected chi connectivity index (χ4v) is 4.66. The molecule has 0 aromatic heterocycles. The molecule has 1 saturated heterocycles. The number of β-lactam (4-membered cyclic amide) rings is 1. The van der Waals surface area contributed by atoms with Gasteiger partial charge in [-0.2, -0.15) is 0 Å². The predicted octanol–water partition coefficient (Wildman–Crippen LogP) is 3.32. The number of aliphatic hydroxyl groups is 1. The highest BCUT2D eigenvalue weighted by Crippen LogP contribution is 2.39. The van der Waals surface area contributed by atoms with Crippen LogP contribution >= 0.6 is 0 Å². The first kappa shape index (κ1) is 21.8. The van der Waals surface area contributed by atoms with Crippen molar-refractivity contribution < 1.29 is 19.1 Å². The molecule has 0 saturated carbocycles. The van der Waals surface area contributed by atoms with E-state index in [1.54, 1.807) is 6.07 Å². The number of Topliss-reactive ketones (excluding diaryl/α,β-unsaturated/α-hetero) is 1. The molecule has 0 unspecified atom stereocenters. The van der Waals surface area contributed by atoms with Crippen LogP contribution in [0.25, 0.3) is 0 Å². The zero-order chi connectivity index (χ0) is 20.4. The van der Waals surface area contributed by atoms with Crippen LogP contribution < -0.4 is 5.32 Å². The van der Waals surface area contributed by atoms with Gasteiger partial charge in [-0.15, -0.1) is 0 Å². The molecule has 6 heteroatoms. The summed E-state index contributed by atoms with van der Waals surface area (Å²) >= 11 is 0. The average Bonchev–Trinajstić information content (AvgIpc) is 2.52. The van der Waals surface area contributed by atoms with Gasteiger partial charge in [0.2, 0.25) is 5.91 Å². The fraction of sp³-hybridized carbons (Fsp3) is 0.619. The van der Waals surface area contributed by atoms with Crippen molar-refractivity contribution in [3.63, 3.8) is 0 Å². The maximum absolute atomic E-state index is 12.7. The summed E-state index contributed by atoms with van der Waals surface area (Å²) in [7, 11) is -1.98. The van der Waals surface area contributed by atoms with E-state index < -0.39 is 8.32 Å². The van der Waals surface area contributed by atoms with Gasteiger partial charge in [0.15, 0.2) is 14.1 Å². The fourth-order valence-electron chi connectivity index (χ4n) is 3.24. The Morgan fingerprint density at radius 3 is 2.56 bits per heavy atom. The number of amides is 1. The molecule has 1 amide bonds. The van der Waals surface area contributed by atoms with E-state index in [2.05, 4.69) is 39.2 Å². The van der Waals surface area contributed by atoms with Gasteiger partial charge in [0.05, 0.1) is 18.1 Å². The lowest BCUT2D eigenvalue weighted by molar-refractivity contribution is -0.139. The molecule has 2 rings (SSSR count). The highest BCUT2D eigenvalue weighted by molar-refractivity contribution is 6.74. The normalized spacial score (nSPS) is 21.4. The Balaban J connectivity index is 2.04. The molecule has 2 N–H and O–H groups in total. The van der Waals surface area contributed by atoms with Gasteiger partial charge in [0.1, 0.15) is 0 Å². The van der Waals surface area contributed by atoms with Crippen molar-refractivity contribution in [2.75, 3.05) is 6.61 Å². The highest BCUT2D eigenvalue weighted by atomic mass is 28.4. The number of hydrogen-bond acceptors (Lipinski definition) is 4. The van der Waals surface area contributed by atoms with Crippen LogP contribution in [-0.4, -0.2) is 43.9 Å². The Morgan fingerprint density at radius 1 is 1.33 bits per heavy atom. The molecule has 150 valence electrons. The molecule has 1 aliphatic rings. The van der Waals surface area contributed by atoms with Crippen molar-refractivity contribution in [1.29, 1.82) is 0 Å². The number of ketones is 1. The lowest BCUT2D eigenvalue weighted by Gasteiger charge is -2.45. The maximum atomic E-state index is 12.7. The zero-order valence-electron chi connectivity index (χ0n) is 17.3. The van der Waals surface area contributed by atoms with Crippen LogP contribution in [0.3, 0.4) is 0 Å². The SMILES string of the molecule is C[C@@H](O[Si](C)(C)C(C)(C)C)[C@H]1C(=O)N[C@@H]1CC(=O)c1cccc(CCO)c1. The number of carbonyl (C=O) groups excluding carboxylic acids is 2. The van der Waals surface area contributed by atoms with Gasteiger partial charge in [-0.3, -0.25) is 9.59 Å². The summed E-state index contributed by atoms with van der Waals surface area (Å²) in [6.45, 7) is 12.9. The second kappa shape index (κ2) is 8.25. The summed E-state index contributed by atoms with van der Waals surface area (Å²) in [6.07, 6.45) is 0.587. The third kappa shape index (κ3) is 5.06. The van der Waals surface area contributed by atoms with Gasteiger partial charge in [-0.05, 0) is 43.1 Å². The standard InChI is InChI=1S/C21H33NO4Si/c1-14(26-27(5,6)21(2,3)4)19-17(22-20(19)25)13-18(24)16-9-7-8-15(12-16)10-11-23/h7-9,12,14,17,19,23H,10-11,13H2,1-6H3,(H,22,25)/t14-,17-,19-/m1/s1. The minimum absolute atomic E-state index is 0.00400. The van der Waals surface area contributed by atoms with E-state index in [1.807, 2.05) is 25.1 Å². The number of benzene rings is 1. The first-order valence-electron chi connectivity index (χ1n) is 9.67. The smallest absolute Gasteiger partial charge is 0.228 e. The summed E-state index contributed by atoms with van der Waals surface area (Å²) in [5, 5.41) is 12.0. The van der Waals surface area contributed by atoms with Crippen LogP contribution in [0.2, 0.25) is 18.1 Å². The summed E-state index contributed by atoms with van der Waals surface area (Å²) in [6, 6.07) is 7.15. The van der Waals surface area contributed by atoms with Crippen molar-refractivity contribution in [3.8, 4) is 0 Å². The predicted molar refractivity (Wildman–Crippen MR) is 109 cm³/mol. The molecule has 0 bridgehead atoms. The molecule has 1 aromatic rings. The van der Waals surface area contributed by atoms with E-state index in [0.29, 0.717) is 12.0 Å². The van der Waals surface area contributed by atoms with Gasteiger partial charge in [-0.25, -0.2) is 0 Å². The monoisotopic (exact) mass is 391 g/mol. The van der Waals surface area contributed by atoms with Gasteiger partial charge in [0.25, 0.3) is 0 Å². The molecule has 5 nitrogen and oxygen atoms in total. The van der Waals surface area contributed by atoms with E-state index in [9.17, 15) is 9.59 Å². The topological polar surface area (TPSA) is 75.6 Å². The van der Waals surface area contributed by atoms with Crippen molar-refractivity contribution in [1.82, 2.24) is 5.32 Å². The minimum Gasteiger partial charge on any atom is -0.413 e. The Hall–Kier alpha value is -1.50. The zero-order valence-corrected chi connectivity index (χ0v) is 18.3. The number of aliphatic hydroxyl groups excluding tert-OH is 1. The summed E-state index contributed by atoms with van der Waals surface area (Å²) < 4.78 is 6.38. The quantitative estimate of drug-likeness (QED) is 0.405. The largest absolute Gasteiger partial charge is 0.413 e. The van der Waals surface area contributed by atoms with Crippen molar-refractivity contribution in [3.05, 3.63) is 35.4 Å². The number of hydrogen-bond donors (Lipinski definition) is 2. The van der Waals surface area contributed by atoms with Crippen LogP contribution in [0.1, 0.15) is 50.0 Å². The minimum atomic E-state index is -1.98. The van der Waals surface area contributed by atoms with E-state index in [1.165, 1.54) is 0 Å². The first-order chi connectivity index (χ1) is 12.5. The average molecular weight is 392 g/mol. The third-order valence-electron chi connectivity index (χ3n) is 5.91. The molecule has 1 heterocycles. The number of nitrogens with one attached hydrogen (secondary N) is 1. The molecular weight excluding hydrogens is 358 g/mol. The maximum Gasteiger partial charge on any atom is 0.228 e. The number of rotatable bonds is 8. The Labute approximate surface area is 163 Å². The van der Waals surface area contributed by atoms with Gasteiger partial charge in [-0.1, -0.05) is 39.0 Å². The Morgan fingerprint density at radius 2 is 2.00 bits per heavy atom. The molecular formula is C21H33NO4Si. The van der Waals surface area contributed by atoms with Crippen molar-refractivity contribution >= 4 is 20.0 Å². The molecule has 1 aromatic carbocycles. The Kier molecular flexibility index (Phi) is 6.66. The van der Waals surface area contributed by atoms with Gasteiger partial charge in [0, 0.05) is 18.6 Å². The molecule has 0 aliphatic carbocycles. The van der Waals surface area contributed by atoms with E-state index in [0.717, 1.165) is 5.56 Å². The molecule has 1 fully saturated rings. The molecule has 1 aliphatic heterocycles. The highest BCUT2D eigenvalue weighted by Gasteiger charge is 2.47. The number of carbonyl (C=O) groups is 2. The van der Waals surface area contributed by atoms with E-state index >= 15 is 0 Å². The summed E-state index contributed by atoms with van der Waals surface area (Å²) in [4.78, 5) is 24.8. The van der Waals surface area contributed by atoms with Crippen LogP contribution in [0.5, 0.6) is 0 Å². The lowest BCUT2D eigenvalue weighted by Crippen LogP contribution is -2.64. The summed E-state index contributed by atoms with van der Waals surface area (Å²) in [5.74, 6) is -0.318. The van der Waals surface area contributed by atoms with Crippen molar-refractivity contribution in [2.45, 2.75) is 70.8 Å². The molecule has 0 spiro atoms. The lowest BCUT2D eigenvalue weighted by atomic mass is 9.82. The second-order valence-corrected chi connectivity index (χ2v) is 13.8. The first-order valence-corrected chi connectivity index (χ1v) is 12.6. The van der Waals surface area contributed by atoms with Crippen LogP contribution in [0, 0.1) is 5.92 Å². The molecule has 0 radical (unpaired) electrons. The van der Waals surface area contributed by atoms with E-state index in [4.69, 9.17) is 9.53 Å². The molecule has 3 atom stereocenters. The molecule has 27 heavy (non-hydrogen) atoms. The Bertz CT molecular complexity index is 696. The van der Waals surface area contributed by atoms with Crippen LogP contribution in [-0.2, 0) is 15.6 Å². The van der Waals surface area contributed by atoms with Crippen LogP contribution in [0.4, 0.5) is 0 Å². The van der Waals surface area contributed by atoms with Crippen LogP contribution in [0.15, 0.2) is 24.3 Å². The van der Waals surface area contributed by atoms with E-state index in [-0.39, 0.29) is 47.8 Å². The van der Waals surface area contributed by atoms with Gasteiger partial charge >= 0.3 is 0 Å². The van der Waals surface area contributed by atoms with Crippen molar-refractivity contribution in [2.24, 2.45) is 5.92 Å².